The number of hydrogen-bond donors (Lipinski definition) is 1. The van der Waals surface area contributed by atoms with Gasteiger partial charge in [-0.3, -0.25) is 0 Å². The van der Waals surface area contributed by atoms with Gasteiger partial charge in [0.15, 0.2) is 0 Å². The zero-order valence-corrected chi connectivity index (χ0v) is 17.3. The van der Waals surface area contributed by atoms with E-state index in [1.165, 1.54) is 0 Å². The van der Waals surface area contributed by atoms with Crippen molar-refractivity contribution < 1.29 is 14.2 Å². The fourth-order valence-electron chi connectivity index (χ4n) is 3.43. The Hall–Kier alpha value is -1.75. The van der Waals surface area contributed by atoms with E-state index in [9.17, 15) is 0 Å². The van der Waals surface area contributed by atoms with Crippen LogP contribution in [0, 0.1) is 0 Å². The van der Waals surface area contributed by atoms with Crippen LogP contribution in [0.2, 0.25) is 5.02 Å². The first-order valence-electron chi connectivity index (χ1n) is 9.32. The van der Waals surface area contributed by atoms with E-state index < -0.39 is 5.60 Å². The monoisotopic (exact) mass is 389 g/mol. The van der Waals surface area contributed by atoms with Crippen LogP contribution < -0.4 is 10.1 Å². The lowest BCUT2D eigenvalue weighted by atomic mass is 9.87. The Kier molecular flexibility index (Phi) is 5.99. The van der Waals surface area contributed by atoms with E-state index in [4.69, 9.17) is 25.8 Å². The summed E-state index contributed by atoms with van der Waals surface area (Å²) in [7, 11) is 1.90. The first-order chi connectivity index (χ1) is 12.8. The number of fused-ring (bicyclic) bond motifs is 1. The van der Waals surface area contributed by atoms with Crippen LogP contribution in [-0.4, -0.2) is 24.9 Å². The molecule has 0 bridgehead atoms. The number of ether oxygens (including phenoxy) is 3. The molecule has 1 aliphatic heterocycles. The second-order valence-corrected chi connectivity index (χ2v) is 8.11. The summed E-state index contributed by atoms with van der Waals surface area (Å²) < 4.78 is 19.0. The highest BCUT2D eigenvalue weighted by atomic mass is 35.5. The minimum absolute atomic E-state index is 0.0623. The summed E-state index contributed by atoms with van der Waals surface area (Å²) in [5.74, 6) is 0.840. The molecule has 0 amide bonds. The third-order valence-electron chi connectivity index (χ3n) is 4.68. The Balaban J connectivity index is 1.93. The van der Waals surface area contributed by atoms with Crippen molar-refractivity contribution in [1.29, 1.82) is 0 Å². The van der Waals surface area contributed by atoms with Crippen molar-refractivity contribution in [2.45, 2.75) is 58.2 Å². The highest BCUT2D eigenvalue weighted by Crippen LogP contribution is 2.45. The van der Waals surface area contributed by atoms with Gasteiger partial charge in [0.25, 0.3) is 0 Å². The Morgan fingerprint density at radius 3 is 2.63 bits per heavy atom. The smallest absolute Gasteiger partial charge is 0.132 e. The lowest BCUT2D eigenvalue weighted by Gasteiger charge is -2.45. The van der Waals surface area contributed by atoms with Crippen molar-refractivity contribution in [3.63, 3.8) is 0 Å². The SMILES string of the molecule is CNc1ccc2c(c1)C(OC(C)C)C(OCc1cccc(Cl)c1)C(C)(C)O2. The Bertz CT molecular complexity index is 791. The number of rotatable bonds is 6. The predicted molar refractivity (Wildman–Crippen MR) is 110 cm³/mol. The van der Waals surface area contributed by atoms with Crippen molar-refractivity contribution >= 4 is 17.3 Å². The van der Waals surface area contributed by atoms with E-state index in [1.54, 1.807) is 0 Å². The van der Waals surface area contributed by atoms with Gasteiger partial charge in [-0.05, 0) is 63.6 Å². The number of benzene rings is 2. The van der Waals surface area contributed by atoms with Gasteiger partial charge in [-0.1, -0.05) is 23.7 Å². The van der Waals surface area contributed by atoms with E-state index in [0.717, 1.165) is 22.6 Å². The zero-order valence-electron chi connectivity index (χ0n) is 16.6. The normalized spacial score (nSPS) is 20.9. The highest BCUT2D eigenvalue weighted by molar-refractivity contribution is 6.30. The van der Waals surface area contributed by atoms with E-state index in [-0.39, 0.29) is 18.3 Å². The molecular formula is C22H28ClNO3. The fourth-order valence-corrected chi connectivity index (χ4v) is 3.64. The van der Waals surface area contributed by atoms with E-state index in [1.807, 2.05) is 71.1 Å². The minimum Gasteiger partial charge on any atom is -0.485 e. The predicted octanol–water partition coefficient (Wildman–Crippen LogP) is 5.60. The molecule has 1 heterocycles. The molecule has 0 saturated carbocycles. The van der Waals surface area contributed by atoms with Gasteiger partial charge in [-0.25, -0.2) is 0 Å². The Labute approximate surface area is 166 Å². The van der Waals surface area contributed by atoms with Crippen LogP contribution in [-0.2, 0) is 16.1 Å². The summed E-state index contributed by atoms with van der Waals surface area (Å²) in [6, 6.07) is 13.8. The summed E-state index contributed by atoms with van der Waals surface area (Å²) in [5.41, 5.74) is 2.51. The van der Waals surface area contributed by atoms with Gasteiger partial charge in [0, 0.05) is 23.3 Å². The topological polar surface area (TPSA) is 39.7 Å². The third kappa shape index (κ3) is 4.57. The molecule has 146 valence electrons. The van der Waals surface area contributed by atoms with E-state index >= 15 is 0 Å². The molecule has 0 fully saturated rings. The van der Waals surface area contributed by atoms with Crippen LogP contribution in [0.3, 0.4) is 0 Å². The van der Waals surface area contributed by atoms with Gasteiger partial charge < -0.3 is 19.5 Å². The summed E-state index contributed by atoms with van der Waals surface area (Å²) in [6.45, 7) is 8.61. The molecule has 27 heavy (non-hydrogen) atoms. The number of hydrogen-bond acceptors (Lipinski definition) is 4. The van der Waals surface area contributed by atoms with Crippen LogP contribution >= 0.6 is 11.6 Å². The third-order valence-corrected chi connectivity index (χ3v) is 4.91. The van der Waals surface area contributed by atoms with Gasteiger partial charge in [0.1, 0.15) is 23.6 Å². The van der Waals surface area contributed by atoms with Crippen LogP contribution in [0.5, 0.6) is 5.75 Å². The van der Waals surface area contributed by atoms with Gasteiger partial charge in [-0.2, -0.15) is 0 Å². The van der Waals surface area contributed by atoms with Crippen molar-refractivity contribution in [3.8, 4) is 5.75 Å². The molecule has 2 unspecified atom stereocenters. The first-order valence-corrected chi connectivity index (χ1v) is 9.70. The molecule has 4 nitrogen and oxygen atoms in total. The number of halogens is 1. The highest BCUT2D eigenvalue weighted by Gasteiger charge is 2.46. The summed E-state index contributed by atoms with van der Waals surface area (Å²) in [4.78, 5) is 0. The molecule has 1 aliphatic rings. The molecule has 0 spiro atoms. The largest absolute Gasteiger partial charge is 0.485 e. The van der Waals surface area contributed by atoms with Crippen LogP contribution in [0.15, 0.2) is 42.5 Å². The molecule has 1 N–H and O–H groups in total. The number of anilines is 1. The molecule has 3 rings (SSSR count). The fraction of sp³-hybridized carbons (Fsp3) is 0.455. The zero-order chi connectivity index (χ0) is 19.6. The molecule has 0 aromatic heterocycles. The molecule has 2 aromatic rings. The maximum atomic E-state index is 6.35. The molecule has 2 aromatic carbocycles. The molecule has 0 saturated heterocycles. The summed E-state index contributed by atoms with van der Waals surface area (Å²) >= 11 is 6.11. The van der Waals surface area contributed by atoms with Crippen LogP contribution in [0.4, 0.5) is 5.69 Å². The average molecular weight is 390 g/mol. The van der Waals surface area contributed by atoms with Crippen molar-refractivity contribution in [2.24, 2.45) is 0 Å². The van der Waals surface area contributed by atoms with Crippen molar-refractivity contribution in [2.75, 3.05) is 12.4 Å². The van der Waals surface area contributed by atoms with Gasteiger partial charge in [0.05, 0.1) is 12.7 Å². The maximum Gasteiger partial charge on any atom is 0.132 e. The minimum atomic E-state index is -0.535. The summed E-state index contributed by atoms with van der Waals surface area (Å²) in [6.07, 6.45) is -0.429. The quantitative estimate of drug-likeness (QED) is 0.697. The van der Waals surface area contributed by atoms with Crippen molar-refractivity contribution in [1.82, 2.24) is 0 Å². The van der Waals surface area contributed by atoms with Crippen LogP contribution in [0.25, 0.3) is 0 Å². The molecule has 2 atom stereocenters. The number of nitrogens with one attached hydrogen (secondary N) is 1. The Morgan fingerprint density at radius 1 is 1.19 bits per heavy atom. The maximum absolute atomic E-state index is 6.35. The molecule has 0 radical (unpaired) electrons. The molecule has 5 heteroatoms. The van der Waals surface area contributed by atoms with E-state index in [2.05, 4.69) is 11.4 Å². The summed E-state index contributed by atoms with van der Waals surface area (Å²) in [5, 5.41) is 3.89. The van der Waals surface area contributed by atoms with Gasteiger partial charge in [-0.15, -0.1) is 0 Å². The molecule has 0 aliphatic carbocycles. The standard InChI is InChI=1S/C22H28ClNO3/c1-14(2)26-20-18-12-17(24-5)9-10-19(18)27-22(3,4)21(20)25-13-15-7-6-8-16(23)11-15/h6-12,14,20-21,24H,13H2,1-5H3. The van der Waals surface area contributed by atoms with Gasteiger partial charge >= 0.3 is 0 Å². The lowest BCUT2D eigenvalue weighted by molar-refractivity contribution is -0.177. The lowest BCUT2D eigenvalue weighted by Crippen LogP contribution is -2.51. The van der Waals surface area contributed by atoms with Gasteiger partial charge in [0.2, 0.25) is 0 Å². The Morgan fingerprint density at radius 2 is 1.96 bits per heavy atom. The van der Waals surface area contributed by atoms with Crippen molar-refractivity contribution in [3.05, 3.63) is 58.6 Å². The van der Waals surface area contributed by atoms with Crippen LogP contribution in [0.1, 0.15) is 44.9 Å². The average Bonchev–Trinajstić information content (AvgIpc) is 2.60. The first kappa shape index (κ1) is 20.0. The second-order valence-electron chi connectivity index (χ2n) is 7.68. The van der Waals surface area contributed by atoms with E-state index in [0.29, 0.717) is 11.6 Å². The second kappa shape index (κ2) is 8.09. The molecular weight excluding hydrogens is 362 g/mol.